The van der Waals surface area contributed by atoms with Gasteiger partial charge in [0.2, 0.25) is 5.69 Å². The molecule has 0 saturated carbocycles. The minimum absolute atomic E-state index is 1.02. The van der Waals surface area contributed by atoms with E-state index in [4.69, 9.17) is 4.98 Å². The molecule has 0 aliphatic carbocycles. The smallest absolute Gasteiger partial charge is 0.222 e. The van der Waals surface area contributed by atoms with Crippen molar-refractivity contribution in [1.29, 1.82) is 0 Å². The molecule has 0 saturated heterocycles. The second-order valence-electron chi connectivity index (χ2n) is 7.53. The fraction of sp³-hybridized carbons (Fsp3) is 0.200. The first-order valence-electron chi connectivity index (χ1n) is 9.38. The van der Waals surface area contributed by atoms with Crippen molar-refractivity contribution in [2.45, 2.75) is 27.7 Å². The summed E-state index contributed by atoms with van der Waals surface area (Å²) < 4.78 is 2.25. The molecule has 2 aromatic carbocycles. The topological polar surface area (TPSA) is 16.8 Å². The Bertz CT molecular complexity index is 1160. The van der Waals surface area contributed by atoms with E-state index in [9.17, 15) is 0 Å². The van der Waals surface area contributed by atoms with Crippen LogP contribution < -0.4 is 4.57 Å². The van der Waals surface area contributed by atoms with E-state index in [0.717, 1.165) is 5.69 Å². The molecule has 0 atom stereocenters. The van der Waals surface area contributed by atoms with Gasteiger partial charge in [-0.15, -0.1) is 0 Å². The molecule has 0 amide bonds. The summed E-state index contributed by atoms with van der Waals surface area (Å²) in [7, 11) is 2.14. The number of pyridine rings is 2. The number of aryl methyl sites for hydroxylation is 4. The lowest BCUT2D eigenvalue weighted by molar-refractivity contribution is -0.658. The summed E-state index contributed by atoms with van der Waals surface area (Å²) in [4.78, 5) is 4.79. The average Bonchev–Trinajstić information content (AvgIpc) is 2.64. The lowest BCUT2D eigenvalue weighted by Gasteiger charge is -2.15. The van der Waals surface area contributed by atoms with Gasteiger partial charge in [-0.1, -0.05) is 35.9 Å². The highest BCUT2D eigenvalue weighted by Gasteiger charge is 2.24. The molecule has 0 unspecified atom stereocenters. The molecule has 4 aromatic rings. The summed E-state index contributed by atoms with van der Waals surface area (Å²) >= 11 is 0. The average molecular weight is 353 g/mol. The molecule has 0 bridgehead atoms. The van der Waals surface area contributed by atoms with Gasteiger partial charge in [0, 0.05) is 17.0 Å². The van der Waals surface area contributed by atoms with E-state index in [1.54, 1.807) is 0 Å². The Kier molecular flexibility index (Phi) is 4.27. The van der Waals surface area contributed by atoms with Crippen LogP contribution in [0, 0.1) is 27.7 Å². The maximum atomic E-state index is 4.79. The van der Waals surface area contributed by atoms with E-state index in [0.29, 0.717) is 0 Å². The Morgan fingerprint density at radius 3 is 2.37 bits per heavy atom. The summed E-state index contributed by atoms with van der Waals surface area (Å²) in [6.45, 7) is 8.65. The Morgan fingerprint density at radius 2 is 1.63 bits per heavy atom. The van der Waals surface area contributed by atoms with Crippen LogP contribution in [0.3, 0.4) is 0 Å². The van der Waals surface area contributed by atoms with Gasteiger partial charge in [-0.05, 0) is 62.6 Å². The standard InChI is InChI=1S/C25H25N2/c1-16-10-11-23(26-14-16)24-21-9-7-6-8-20(21)15-27(5)25(24)22-13-17(2)12-18(3)19(22)4/h6-15H,1-5H3/q+1. The number of aromatic nitrogens is 2. The Morgan fingerprint density at radius 1 is 0.852 bits per heavy atom. The number of hydrogen-bond donors (Lipinski definition) is 0. The minimum atomic E-state index is 1.02. The van der Waals surface area contributed by atoms with Gasteiger partial charge in [0.15, 0.2) is 6.20 Å². The summed E-state index contributed by atoms with van der Waals surface area (Å²) in [5.74, 6) is 0. The Hall–Kier alpha value is -3.00. The van der Waals surface area contributed by atoms with Gasteiger partial charge in [0.25, 0.3) is 0 Å². The lowest BCUT2D eigenvalue weighted by Crippen LogP contribution is -2.32. The van der Waals surface area contributed by atoms with Crippen molar-refractivity contribution >= 4 is 10.8 Å². The van der Waals surface area contributed by atoms with Crippen LogP contribution >= 0.6 is 0 Å². The normalized spacial score (nSPS) is 11.1. The van der Waals surface area contributed by atoms with Crippen LogP contribution in [-0.2, 0) is 7.05 Å². The molecule has 0 aliphatic heterocycles. The third-order valence-corrected chi connectivity index (χ3v) is 5.39. The van der Waals surface area contributed by atoms with Gasteiger partial charge in [-0.3, -0.25) is 4.98 Å². The SMILES string of the molecule is Cc1ccc(-c2c(-c3cc(C)cc(C)c3C)[n+](C)cc3ccccc23)nc1. The van der Waals surface area contributed by atoms with Crippen molar-refractivity contribution in [3.63, 3.8) is 0 Å². The molecule has 2 aromatic heterocycles. The van der Waals surface area contributed by atoms with Crippen molar-refractivity contribution in [3.8, 4) is 22.5 Å². The van der Waals surface area contributed by atoms with Crippen molar-refractivity contribution < 1.29 is 4.57 Å². The van der Waals surface area contributed by atoms with Crippen molar-refractivity contribution in [3.05, 3.63) is 83.2 Å². The van der Waals surface area contributed by atoms with Crippen LogP contribution in [0.2, 0.25) is 0 Å². The molecule has 0 fully saturated rings. The summed E-state index contributed by atoms with van der Waals surface area (Å²) in [5.41, 5.74) is 9.80. The molecule has 4 rings (SSSR count). The number of benzene rings is 2. The molecule has 2 heteroatoms. The second kappa shape index (κ2) is 6.62. The van der Waals surface area contributed by atoms with Crippen LogP contribution in [0.15, 0.2) is 60.9 Å². The fourth-order valence-corrected chi connectivity index (χ4v) is 3.90. The number of fused-ring (bicyclic) bond motifs is 1. The lowest BCUT2D eigenvalue weighted by atomic mass is 9.91. The first kappa shape index (κ1) is 17.4. The van der Waals surface area contributed by atoms with Crippen LogP contribution in [-0.4, -0.2) is 4.98 Å². The molecule has 0 spiro atoms. The predicted molar refractivity (Wildman–Crippen MR) is 113 cm³/mol. The molecule has 2 nitrogen and oxygen atoms in total. The van der Waals surface area contributed by atoms with E-state index in [1.807, 2.05) is 6.20 Å². The third kappa shape index (κ3) is 3.02. The molecule has 0 aliphatic rings. The highest BCUT2D eigenvalue weighted by Crippen LogP contribution is 2.36. The van der Waals surface area contributed by atoms with Gasteiger partial charge in [0.1, 0.15) is 7.05 Å². The van der Waals surface area contributed by atoms with Crippen LogP contribution in [0.1, 0.15) is 22.3 Å². The van der Waals surface area contributed by atoms with E-state index < -0.39 is 0 Å². The first-order chi connectivity index (χ1) is 13.0. The fourth-order valence-electron chi connectivity index (χ4n) is 3.90. The van der Waals surface area contributed by atoms with Crippen LogP contribution in [0.25, 0.3) is 33.3 Å². The van der Waals surface area contributed by atoms with Crippen molar-refractivity contribution in [2.24, 2.45) is 7.05 Å². The Labute approximate surface area is 161 Å². The van der Waals surface area contributed by atoms with E-state index >= 15 is 0 Å². The van der Waals surface area contributed by atoms with Crippen molar-refractivity contribution in [1.82, 2.24) is 4.98 Å². The summed E-state index contributed by atoms with van der Waals surface area (Å²) in [5, 5.41) is 2.46. The monoisotopic (exact) mass is 353 g/mol. The molecule has 2 heterocycles. The van der Waals surface area contributed by atoms with E-state index in [2.05, 4.69) is 94.0 Å². The summed E-state index contributed by atoms with van der Waals surface area (Å²) in [6.07, 6.45) is 4.18. The maximum Gasteiger partial charge on any atom is 0.222 e. The van der Waals surface area contributed by atoms with Gasteiger partial charge in [-0.25, -0.2) is 0 Å². The molecule has 0 N–H and O–H groups in total. The van der Waals surface area contributed by atoms with Gasteiger partial charge in [0.05, 0.1) is 16.8 Å². The number of rotatable bonds is 2. The molecule has 134 valence electrons. The quantitative estimate of drug-likeness (QED) is 0.427. The van der Waals surface area contributed by atoms with Gasteiger partial charge >= 0.3 is 0 Å². The number of nitrogens with zero attached hydrogens (tertiary/aromatic N) is 2. The second-order valence-corrected chi connectivity index (χ2v) is 7.53. The van der Waals surface area contributed by atoms with Crippen LogP contribution in [0.4, 0.5) is 0 Å². The van der Waals surface area contributed by atoms with Crippen LogP contribution in [0.5, 0.6) is 0 Å². The van der Waals surface area contributed by atoms with Gasteiger partial charge in [-0.2, -0.15) is 4.57 Å². The zero-order chi connectivity index (χ0) is 19.1. The predicted octanol–water partition coefficient (Wildman–Crippen LogP) is 5.63. The first-order valence-corrected chi connectivity index (χ1v) is 9.38. The number of hydrogen-bond acceptors (Lipinski definition) is 1. The van der Waals surface area contributed by atoms with E-state index in [1.165, 1.54) is 49.8 Å². The molecular formula is C25H25N2+. The largest absolute Gasteiger partial charge is 0.256 e. The highest BCUT2D eigenvalue weighted by molar-refractivity contribution is 6.00. The zero-order valence-corrected chi connectivity index (χ0v) is 16.7. The van der Waals surface area contributed by atoms with Crippen molar-refractivity contribution in [2.75, 3.05) is 0 Å². The molecular weight excluding hydrogens is 328 g/mol. The Balaban J connectivity index is 2.17. The highest BCUT2D eigenvalue weighted by atomic mass is 14.9. The van der Waals surface area contributed by atoms with E-state index in [-0.39, 0.29) is 0 Å². The van der Waals surface area contributed by atoms with Gasteiger partial charge < -0.3 is 0 Å². The maximum absolute atomic E-state index is 4.79. The molecule has 0 radical (unpaired) electrons. The third-order valence-electron chi connectivity index (χ3n) is 5.39. The minimum Gasteiger partial charge on any atom is -0.256 e. The zero-order valence-electron chi connectivity index (χ0n) is 16.7. The molecule has 27 heavy (non-hydrogen) atoms. The summed E-state index contributed by atoms with van der Waals surface area (Å²) in [6, 6.07) is 17.4.